The molecule has 7 heteroatoms. The Morgan fingerprint density at radius 3 is 2.43 bits per heavy atom. The van der Waals surface area contributed by atoms with Crippen molar-refractivity contribution in [2.24, 2.45) is 5.73 Å². The molecule has 0 aliphatic rings. The van der Waals surface area contributed by atoms with Crippen LogP contribution in [-0.2, 0) is 4.79 Å². The fourth-order valence-electron chi connectivity index (χ4n) is 1.56. The molecule has 0 fully saturated rings. The first-order chi connectivity index (χ1) is 9.88. The SMILES string of the molecule is CC(C(N)=O)c1ccc(Oc2cc(F)c(F)cc2F)cn1. The maximum absolute atomic E-state index is 13.4. The fraction of sp³-hybridized carbons (Fsp3) is 0.143. The number of pyridine rings is 1. The Balaban J connectivity index is 2.21. The number of hydrogen-bond donors (Lipinski definition) is 1. The number of hydrogen-bond acceptors (Lipinski definition) is 3. The summed E-state index contributed by atoms with van der Waals surface area (Å²) < 4.78 is 44.3. The van der Waals surface area contributed by atoms with Gasteiger partial charge in [0.15, 0.2) is 23.2 Å². The van der Waals surface area contributed by atoms with Crippen molar-refractivity contribution >= 4 is 5.91 Å². The van der Waals surface area contributed by atoms with Gasteiger partial charge in [0.25, 0.3) is 0 Å². The van der Waals surface area contributed by atoms with Crippen molar-refractivity contribution in [1.82, 2.24) is 4.98 Å². The van der Waals surface area contributed by atoms with E-state index in [9.17, 15) is 18.0 Å². The number of amides is 1. The summed E-state index contributed by atoms with van der Waals surface area (Å²) in [5.41, 5.74) is 5.56. The van der Waals surface area contributed by atoms with Gasteiger partial charge in [-0.05, 0) is 19.1 Å². The van der Waals surface area contributed by atoms with Gasteiger partial charge in [-0.3, -0.25) is 9.78 Å². The highest BCUT2D eigenvalue weighted by molar-refractivity contribution is 5.80. The maximum atomic E-state index is 13.4. The van der Waals surface area contributed by atoms with Crippen LogP contribution in [0.1, 0.15) is 18.5 Å². The van der Waals surface area contributed by atoms with Crippen LogP contribution < -0.4 is 10.5 Å². The van der Waals surface area contributed by atoms with Crippen LogP contribution in [0.3, 0.4) is 0 Å². The number of ether oxygens (including phenoxy) is 1. The molecule has 1 heterocycles. The molecule has 21 heavy (non-hydrogen) atoms. The molecule has 2 N–H and O–H groups in total. The van der Waals surface area contributed by atoms with Crippen molar-refractivity contribution in [1.29, 1.82) is 0 Å². The van der Waals surface area contributed by atoms with E-state index in [1.165, 1.54) is 18.3 Å². The maximum Gasteiger partial charge on any atom is 0.226 e. The smallest absolute Gasteiger partial charge is 0.226 e. The van der Waals surface area contributed by atoms with Gasteiger partial charge >= 0.3 is 0 Å². The van der Waals surface area contributed by atoms with E-state index in [0.29, 0.717) is 17.8 Å². The number of rotatable bonds is 4. The van der Waals surface area contributed by atoms with E-state index >= 15 is 0 Å². The normalized spacial score (nSPS) is 12.0. The van der Waals surface area contributed by atoms with Crippen LogP contribution in [0.25, 0.3) is 0 Å². The van der Waals surface area contributed by atoms with Crippen molar-refractivity contribution in [2.75, 3.05) is 0 Å². The number of nitrogens with zero attached hydrogens (tertiary/aromatic N) is 1. The van der Waals surface area contributed by atoms with Crippen LogP contribution in [0, 0.1) is 17.5 Å². The molecule has 1 amide bonds. The number of carbonyl (C=O) groups is 1. The Morgan fingerprint density at radius 1 is 1.19 bits per heavy atom. The minimum atomic E-state index is -1.30. The van der Waals surface area contributed by atoms with Gasteiger partial charge in [-0.2, -0.15) is 0 Å². The number of carbonyl (C=O) groups excluding carboxylic acids is 1. The summed E-state index contributed by atoms with van der Waals surface area (Å²) >= 11 is 0. The third kappa shape index (κ3) is 3.31. The summed E-state index contributed by atoms with van der Waals surface area (Å²) in [6, 6.07) is 3.89. The Hall–Kier alpha value is -2.57. The molecule has 0 bridgehead atoms. The monoisotopic (exact) mass is 296 g/mol. The standard InChI is InChI=1S/C14H11F3N2O2/c1-7(14(18)20)12-3-2-8(6-19-12)21-13-5-10(16)9(15)4-11(13)17/h2-7H,1H3,(H2,18,20). The van der Waals surface area contributed by atoms with Crippen molar-refractivity contribution < 1.29 is 22.7 Å². The number of benzene rings is 1. The summed E-state index contributed by atoms with van der Waals surface area (Å²) in [6.45, 7) is 1.58. The minimum Gasteiger partial charge on any atom is -0.453 e. The van der Waals surface area contributed by atoms with Crippen molar-refractivity contribution in [2.45, 2.75) is 12.8 Å². The average Bonchev–Trinajstić information content (AvgIpc) is 2.44. The Labute approximate surface area is 118 Å². The van der Waals surface area contributed by atoms with Gasteiger partial charge in [0, 0.05) is 12.1 Å². The molecule has 2 aromatic rings. The molecular weight excluding hydrogens is 285 g/mol. The summed E-state index contributed by atoms with van der Waals surface area (Å²) in [4.78, 5) is 15.0. The lowest BCUT2D eigenvalue weighted by Crippen LogP contribution is -2.19. The molecule has 4 nitrogen and oxygen atoms in total. The molecule has 0 saturated carbocycles. The van der Waals surface area contributed by atoms with E-state index in [1.54, 1.807) is 6.92 Å². The van der Waals surface area contributed by atoms with Gasteiger partial charge in [-0.1, -0.05) is 0 Å². The topological polar surface area (TPSA) is 65.2 Å². The number of halogens is 3. The molecule has 1 aromatic carbocycles. The second kappa shape index (κ2) is 5.82. The Bertz CT molecular complexity index is 675. The molecule has 0 aliphatic carbocycles. The summed E-state index contributed by atoms with van der Waals surface area (Å²) in [6.07, 6.45) is 1.23. The van der Waals surface area contributed by atoms with Gasteiger partial charge in [0.1, 0.15) is 5.75 Å². The van der Waals surface area contributed by atoms with E-state index in [-0.39, 0.29) is 5.75 Å². The first-order valence-corrected chi connectivity index (χ1v) is 5.96. The lowest BCUT2D eigenvalue weighted by Gasteiger charge is -2.09. The molecule has 0 aliphatic heterocycles. The summed E-state index contributed by atoms with van der Waals surface area (Å²) in [5, 5.41) is 0. The van der Waals surface area contributed by atoms with Gasteiger partial charge in [0.05, 0.1) is 17.8 Å². The highest BCUT2D eigenvalue weighted by Gasteiger charge is 2.14. The molecular formula is C14H11F3N2O2. The average molecular weight is 296 g/mol. The zero-order chi connectivity index (χ0) is 15.6. The van der Waals surface area contributed by atoms with E-state index in [4.69, 9.17) is 10.5 Å². The number of aromatic nitrogens is 1. The van der Waals surface area contributed by atoms with Gasteiger partial charge < -0.3 is 10.5 Å². The van der Waals surface area contributed by atoms with E-state index in [1.807, 2.05) is 0 Å². The Kier molecular flexibility index (Phi) is 4.11. The van der Waals surface area contributed by atoms with Crippen molar-refractivity contribution in [3.05, 3.63) is 53.6 Å². The van der Waals surface area contributed by atoms with Gasteiger partial charge in [-0.15, -0.1) is 0 Å². The largest absolute Gasteiger partial charge is 0.453 e. The van der Waals surface area contributed by atoms with E-state index in [0.717, 1.165) is 0 Å². The van der Waals surface area contributed by atoms with Gasteiger partial charge in [0.2, 0.25) is 5.91 Å². The predicted molar refractivity (Wildman–Crippen MR) is 68.2 cm³/mol. The van der Waals surface area contributed by atoms with Crippen LogP contribution in [0.15, 0.2) is 30.5 Å². The molecule has 1 unspecified atom stereocenters. The molecule has 0 spiro atoms. The highest BCUT2D eigenvalue weighted by atomic mass is 19.2. The van der Waals surface area contributed by atoms with Crippen LogP contribution in [0.4, 0.5) is 13.2 Å². The molecule has 0 radical (unpaired) electrons. The zero-order valence-electron chi connectivity index (χ0n) is 10.9. The first-order valence-electron chi connectivity index (χ1n) is 5.96. The van der Waals surface area contributed by atoms with Gasteiger partial charge in [-0.25, -0.2) is 13.2 Å². The predicted octanol–water partition coefficient (Wildman–Crippen LogP) is 2.88. The second-order valence-corrected chi connectivity index (χ2v) is 4.34. The number of primary amides is 1. The third-order valence-corrected chi connectivity index (χ3v) is 2.83. The van der Waals surface area contributed by atoms with Crippen LogP contribution in [0.2, 0.25) is 0 Å². The zero-order valence-corrected chi connectivity index (χ0v) is 10.9. The fourth-order valence-corrected chi connectivity index (χ4v) is 1.56. The van der Waals surface area contributed by atoms with Crippen molar-refractivity contribution in [3.63, 3.8) is 0 Å². The molecule has 1 aromatic heterocycles. The lowest BCUT2D eigenvalue weighted by atomic mass is 10.1. The quantitative estimate of drug-likeness (QED) is 0.882. The molecule has 2 rings (SSSR count). The third-order valence-electron chi connectivity index (χ3n) is 2.83. The summed E-state index contributed by atoms with van der Waals surface area (Å²) in [5.74, 6) is -5.04. The second-order valence-electron chi connectivity index (χ2n) is 4.34. The molecule has 1 atom stereocenters. The first kappa shape index (κ1) is 14.8. The van der Waals surface area contributed by atoms with E-state index < -0.39 is 35.0 Å². The van der Waals surface area contributed by atoms with Crippen molar-refractivity contribution in [3.8, 4) is 11.5 Å². The van der Waals surface area contributed by atoms with Crippen LogP contribution >= 0.6 is 0 Å². The minimum absolute atomic E-state index is 0.111. The van der Waals surface area contributed by atoms with Crippen LogP contribution in [-0.4, -0.2) is 10.9 Å². The van der Waals surface area contributed by atoms with E-state index in [2.05, 4.69) is 4.98 Å². The Morgan fingerprint density at radius 2 is 1.86 bits per heavy atom. The summed E-state index contributed by atoms with van der Waals surface area (Å²) in [7, 11) is 0. The number of nitrogens with two attached hydrogens (primary N) is 1. The highest BCUT2D eigenvalue weighted by Crippen LogP contribution is 2.26. The lowest BCUT2D eigenvalue weighted by molar-refractivity contribution is -0.119. The van der Waals surface area contributed by atoms with Crippen LogP contribution in [0.5, 0.6) is 11.5 Å². The molecule has 110 valence electrons. The molecule has 0 saturated heterocycles.